The Labute approximate surface area is 188 Å². The molecule has 32 heavy (non-hydrogen) atoms. The molecule has 0 aliphatic carbocycles. The maximum absolute atomic E-state index is 11.8. The third-order valence-corrected chi connectivity index (χ3v) is 5.03. The van der Waals surface area contributed by atoms with Crippen molar-refractivity contribution in [3.05, 3.63) is 71.4 Å². The summed E-state index contributed by atoms with van der Waals surface area (Å²) in [5.74, 6) is 1.28. The minimum absolute atomic E-state index is 0.0360. The summed E-state index contributed by atoms with van der Waals surface area (Å²) < 4.78 is 17.3. The Morgan fingerprint density at radius 1 is 1.03 bits per heavy atom. The van der Waals surface area contributed by atoms with E-state index in [0.717, 1.165) is 23.3 Å². The molecular weight excluding hydrogens is 406 g/mol. The fourth-order valence-electron chi connectivity index (χ4n) is 3.37. The van der Waals surface area contributed by atoms with Gasteiger partial charge in [0, 0.05) is 5.56 Å². The second-order valence-electron chi connectivity index (χ2n) is 7.69. The number of ether oxygens (including phenoxy) is 3. The molecular formula is C26H29NO5. The molecule has 0 amide bonds. The standard InChI is InChI=1S/C26H29NO5/c1-5-14-31-25-13-10-18(30-4)15-21(25)22-12-11-20(26(28)29)23(27-22)16-32-24-9-7-6-8-19(24)17(2)3/h6-13,15,17H,5,14,16H2,1-4H3,(H,28,29). The van der Waals surface area contributed by atoms with Gasteiger partial charge in [0.25, 0.3) is 0 Å². The minimum atomic E-state index is -1.05. The average molecular weight is 436 g/mol. The first-order valence-corrected chi connectivity index (χ1v) is 10.7. The molecule has 3 aromatic rings. The minimum Gasteiger partial charge on any atom is -0.497 e. The topological polar surface area (TPSA) is 77.9 Å². The number of para-hydroxylation sites is 1. The molecule has 1 heterocycles. The number of hydrogen-bond donors (Lipinski definition) is 1. The molecule has 0 aliphatic rings. The van der Waals surface area contributed by atoms with Crippen LogP contribution in [0, 0.1) is 0 Å². The molecule has 1 N–H and O–H groups in total. The van der Waals surface area contributed by atoms with Crippen LogP contribution in [0.15, 0.2) is 54.6 Å². The quantitative estimate of drug-likeness (QED) is 0.424. The van der Waals surface area contributed by atoms with Crippen molar-refractivity contribution in [2.45, 2.75) is 39.7 Å². The van der Waals surface area contributed by atoms with Crippen LogP contribution in [0.4, 0.5) is 0 Å². The molecule has 168 valence electrons. The lowest BCUT2D eigenvalue weighted by molar-refractivity contribution is 0.0693. The zero-order valence-corrected chi connectivity index (χ0v) is 18.9. The van der Waals surface area contributed by atoms with E-state index in [1.807, 2.05) is 49.4 Å². The van der Waals surface area contributed by atoms with Gasteiger partial charge in [-0.05, 0) is 54.3 Å². The first kappa shape index (κ1) is 23.1. The average Bonchev–Trinajstić information content (AvgIpc) is 2.81. The first-order valence-electron chi connectivity index (χ1n) is 10.7. The lowest BCUT2D eigenvalue weighted by Gasteiger charge is -2.16. The van der Waals surface area contributed by atoms with Crippen LogP contribution in [0.5, 0.6) is 17.2 Å². The molecule has 6 nitrogen and oxygen atoms in total. The highest BCUT2D eigenvalue weighted by Gasteiger charge is 2.17. The van der Waals surface area contributed by atoms with Gasteiger partial charge in [0.1, 0.15) is 23.9 Å². The Morgan fingerprint density at radius 3 is 2.50 bits per heavy atom. The number of carboxylic acids is 1. The molecule has 0 bridgehead atoms. The van der Waals surface area contributed by atoms with Crippen LogP contribution in [0.2, 0.25) is 0 Å². The van der Waals surface area contributed by atoms with Gasteiger partial charge >= 0.3 is 5.97 Å². The Morgan fingerprint density at radius 2 is 1.81 bits per heavy atom. The SMILES string of the molecule is CCCOc1ccc(OC)cc1-c1ccc(C(=O)O)c(COc2ccccc2C(C)C)n1. The first-order chi connectivity index (χ1) is 15.4. The van der Waals surface area contributed by atoms with E-state index in [-0.39, 0.29) is 18.1 Å². The molecule has 0 radical (unpaired) electrons. The van der Waals surface area contributed by atoms with E-state index < -0.39 is 5.97 Å². The fraction of sp³-hybridized carbons (Fsp3) is 0.308. The van der Waals surface area contributed by atoms with E-state index >= 15 is 0 Å². The summed E-state index contributed by atoms with van der Waals surface area (Å²) in [7, 11) is 1.60. The van der Waals surface area contributed by atoms with Gasteiger partial charge in [-0.2, -0.15) is 0 Å². The second kappa shape index (κ2) is 10.7. The number of aromatic nitrogens is 1. The Kier molecular flexibility index (Phi) is 7.71. The molecule has 0 unspecified atom stereocenters. The number of aromatic carboxylic acids is 1. The van der Waals surface area contributed by atoms with Gasteiger partial charge in [-0.3, -0.25) is 0 Å². The highest BCUT2D eigenvalue weighted by molar-refractivity contribution is 5.89. The van der Waals surface area contributed by atoms with Crippen LogP contribution in [-0.4, -0.2) is 29.8 Å². The summed E-state index contributed by atoms with van der Waals surface area (Å²) in [6.07, 6.45) is 0.866. The number of rotatable bonds is 10. The molecule has 0 saturated heterocycles. The number of hydrogen-bond acceptors (Lipinski definition) is 5. The van der Waals surface area contributed by atoms with Crippen molar-refractivity contribution in [2.75, 3.05) is 13.7 Å². The predicted octanol–water partition coefficient (Wildman–Crippen LogP) is 5.95. The summed E-state index contributed by atoms with van der Waals surface area (Å²) in [6, 6.07) is 16.5. The van der Waals surface area contributed by atoms with Gasteiger partial charge in [0.05, 0.1) is 30.7 Å². The van der Waals surface area contributed by atoms with Crippen LogP contribution in [0.3, 0.4) is 0 Å². The summed E-state index contributed by atoms with van der Waals surface area (Å²) in [4.78, 5) is 16.5. The molecule has 6 heteroatoms. The number of benzene rings is 2. The number of methoxy groups -OCH3 is 1. The normalized spacial score (nSPS) is 10.8. The largest absolute Gasteiger partial charge is 0.497 e. The molecule has 0 aliphatic heterocycles. The molecule has 0 atom stereocenters. The molecule has 0 saturated carbocycles. The molecule has 0 spiro atoms. The van der Waals surface area contributed by atoms with Crippen molar-refractivity contribution in [3.8, 4) is 28.5 Å². The Bertz CT molecular complexity index is 1080. The van der Waals surface area contributed by atoms with Crippen LogP contribution in [-0.2, 0) is 6.61 Å². The third-order valence-electron chi connectivity index (χ3n) is 5.03. The summed E-state index contributed by atoms with van der Waals surface area (Å²) in [6.45, 7) is 6.81. The van der Waals surface area contributed by atoms with Crippen molar-refractivity contribution in [1.82, 2.24) is 4.98 Å². The lowest BCUT2D eigenvalue weighted by atomic mass is 10.0. The van der Waals surface area contributed by atoms with Crippen molar-refractivity contribution in [3.63, 3.8) is 0 Å². The summed E-state index contributed by atoms with van der Waals surface area (Å²) >= 11 is 0. The zero-order valence-electron chi connectivity index (χ0n) is 18.9. The fourth-order valence-corrected chi connectivity index (χ4v) is 3.37. The van der Waals surface area contributed by atoms with E-state index in [9.17, 15) is 9.90 Å². The van der Waals surface area contributed by atoms with Crippen molar-refractivity contribution < 1.29 is 24.1 Å². The Balaban J connectivity index is 2.00. The number of carbonyl (C=O) groups is 1. The maximum Gasteiger partial charge on any atom is 0.337 e. The lowest BCUT2D eigenvalue weighted by Crippen LogP contribution is -2.10. The van der Waals surface area contributed by atoms with Gasteiger partial charge < -0.3 is 19.3 Å². The third kappa shape index (κ3) is 5.38. The van der Waals surface area contributed by atoms with E-state index in [1.165, 1.54) is 0 Å². The van der Waals surface area contributed by atoms with Crippen molar-refractivity contribution >= 4 is 5.97 Å². The highest BCUT2D eigenvalue weighted by Crippen LogP contribution is 2.34. The monoisotopic (exact) mass is 435 g/mol. The van der Waals surface area contributed by atoms with E-state index in [1.54, 1.807) is 19.2 Å². The van der Waals surface area contributed by atoms with E-state index in [0.29, 0.717) is 29.5 Å². The molecule has 3 rings (SSSR count). The van der Waals surface area contributed by atoms with Gasteiger partial charge in [0.15, 0.2) is 0 Å². The summed E-state index contributed by atoms with van der Waals surface area (Å²) in [5.41, 5.74) is 2.84. The van der Waals surface area contributed by atoms with Gasteiger partial charge in [-0.1, -0.05) is 39.0 Å². The van der Waals surface area contributed by atoms with Gasteiger partial charge in [0.2, 0.25) is 0 Å². The zero-order chi connectivity index (χ0) is 23.1. The second-order valence-corrected chi connectivity index (χ2v) is 7.69. The summed E-state index contributed by atoms with van der Waals surface area (Å²) in [5, 5.41) is 9.68. The van der Waals surface area contributed by atoms with Crippen LogP contribution in [0.25, 0.3) is 11.3 Å². The van der Waals surface area contributed by atoms with Crippen LogP contribution in [0.1, 0.15) is 54.7 Å². The molecule has 1 aromatic heterocycles. The predicted molar refractivity (Wildman–Crippen MR) is 124 cm³/mol. The van der Waals surface area contributed by atoms with Crippen LogP contribution >= 0.6 is 0 Å². The number of pyridine rings is 1. The van der Waals surface area contributed by atoms with Gasteiger partial charge in [-0.25, -0.2) is 9.78 Å². The number of nitrogens with zero attached hydrogens (tertiary/aromatic N) is 1. The molecule has 2 aromatic carbocycles. The van der Waals surface area contributed by atoms with Crippen molar-refractivity contribution in [2.24, 2.45) is 0 Å². The maximum atomic E-state index is 11.8. The van der Waals surface area contributed by atoms with Crippen molar-refractivity contribution in [1.29, 1.82) is 0 Å². The molecule has 0 fully saturated rings. The highest BCUT2D eigenvalue weighted by atomic mass is 16.5. The van der Waals surface area contributed by atoms with E-state index in [2.05, 4.69) is 18.8 Å². The van der Waals surface area contributed by atoms with Crippen LogP contribution < -0.4 is 14.2 Å². The smallest absolute Gasteiger partial charge is 0.337 e. The van der Waals surface area contributed by atoms with E-state index in [4.69, 9.17) is 14.2 Å². The van der Waals surface area contributed by atoms with Gasteiger partial charge in [-0.15, -0.1) is 0 Å². The number of carboxylic acid groups (broad SMARTS) is 1. The Hall–Kier alpha value is -3.54.